The maximum absolute atomic E-state index is 13.9. The highest BCUT2D eigenvalue weighted by Crippen LogP contribution is 2.15. The van der Waals surface area contributed by atoms with Crippen molar-refractivity contribution < 1.29 is 33.8 Å². The van der Waals surface area contributed by atoms with Crippen LogP contribution in [0.2, 0.25) is 0 Å². The lowest BCUT2D eigenvalue weighted by molar-refractivity contribution is -0.142. The lowest BCUT2D eigenvalue weighted by Crippen LogP contribution is -2.60. The van der Waals surface area contributed by atoms with Crippen LogP contribution in [0.1, 0.15) is 51.7 Å². The van der Waals surface area contributed by atoms with Crippen LogP contribution in [-0.2, 0) is 36.8 Å². The number of hydrogen-bond donors (Lipinski definition) is 6. The van der Waals surface area contributed by atoms with Gasteiger partial charge in [-0.05, 0) is 47.9 Å². The predicted molar refractivity (Wildman–Crippen MR) is 177 cm³/mol. The number of ether oxygens (including phenoxy) is 1. The van der Waals surface area contributed by atoms with Crippen LogP contribution >= 0.6 is 0 Å². The van der Waals surface area contributed by atoms with Gasteiger partial charge in [0.15, 0.2) is 0 Å². The number of carbonyl (C=O) groups is 5. The molecule has 0 radical (unpaired) electrons. The minimum absolute atomic E-state index is 0.00278. The number of benzene rings is 2. The van der Waals surface area contributed by atoms with Crippen molar-refractivity contribution in [3.8, 4) is 5.75 Å². The molecule has 0 spiro atoms. The van der Waals surface area contributed by atoms with E-state index in [1.54, 1.807) is 74.5 Å². The molecule has 5 atom stereocenters. The molecular formula is C35H47N5O7. The molecule has 2 bridgehead atoms. The van der Waals surface area contributed by atoms with Crippen molar-refractivity contribution in [2.45, 2.75) is 83.6 Å². The standard InChI is InChI=1S/C35H47N5O7/c1-21(2)18-26(36)31(41)40-30(22(3)4)34(44)39-29-20-24-13-15-25(16-14-24)47-17-9-8-12-27(35(45)46)37-32(42)28(38-33(29)43)19-23-10-6-5-7-11-23/h5-11,13-16,21-22,26-30H,12,17-20,36H2,1-4H3,(H,37,42)(H,38,43)(H,39,44)(H,40,41)(H,45,46)/b9-8-/t26-,27-,28-,29-,30-/m0/s1. The van der Waals surface area contributed by atoms with E-state index >= 15 is 0 Å². The number of nitrogens with one attached hydrogen (secondary N) is 4. The molecule has 4 rings (SSSR count). The van der Waals surface area contributed by atoms with Crippen molar-refractivity contribution in [1.82, 2.24) is 21.3 Å². The van der Waals surface area contributed by atoms with Gasteiger partial charge in [0, 0.05) is 12.8 Å². The number of rotatable bonds is 10. The Morgan fingerprint density at radius 3 is 2.23 bits per heavy atom. The van der Waals surface area contributed by atoms with E-state index < -0.39 is 59.8 Å². The summed E-state index contributed by atoms with van der Waals surface area (Å²) in [5.74, 6) is -3.24. The maximum atomic E-state index is 13.9. The van der Waals surface area contributed by atoms with Crippen LogP contribution in [0.15, 0.2) is 66.7 Å². The normalized spacial score (nSPS) is 21.0. The second-order valence-electron chi connectivity index (χ2n) is 12.5. The van der Waals surface area contributed by atoms with Crippen LogP contribution < -0.4 is 31.7 Å². The second kappa shape index (κ2) is 17.8. The van der Waals surface area contributed by atoms with Crippen molar-refractivity contribution in [3.63, 3.8) is 0 Å². The highest BCUT2D eigenvalue weighted by molar-refractivity contribution is 5.95. The van der Waals surface area contributed by atoms with Crippen LogP contribution in [0.25, 0.3) is 0 Å². The lowest BCUT2D eigenvalue weighted by atomic mass is 9.99. The van der Waals surface area contributed by atoms with Crippen LogP contribution in [0, 0.1) is 11.8 Å². The highest BCUT2D eigenvalue weighted by atomic mass is 16.5. The van der Waals surface area contributed by atoms with E-state index in [0.717, 1.165) is 5.56 Å². The van der Waals surface area contributed by atoms with Gasteiger partial charge in [-0.2, -0.15) is 0 Å². The van der Waals surface area contributed by atoms with E-state index in [0.29, 0.717) is 17.7 Å². The number of nitrogens with two attached hydrogens (primary N) is 1. The van der Waals surface area contributed by atoms with E-state index in [9.17, 15) is 29.1 Å². The van der Waals surface area contributed by atoms with E-state index in [1.165, 1.54) is 0 Å². The molecule has 0 aromatic heterocycles. The minimum atomic E-state index is -1.25. The fraction of sp³-hybridized carbons (Fsp3) is 0.457. The van der Waals surface area contributed by atoms with Gasteiger partial charge in [-0.1, -0.05) is 82.3 Å². The first kappa shape index (κ1) is 36.8. The summed E-state index contributed by atoms with van der Waals surface area (Å²) in [6.07, 6.45) is 3.84. The Morgan fingerprint density at radius 1 is 0.936 bits per heavy atom. The number of amides is 4. The number of aliphatic carboxylic acids is 1. The Bertz CT molecular complexity index is 1390. The van der Waals surface area contributed by atoms with Gasteiger partial charge in [0.1, 0.15) is 36.5 Å². The Kier molecular flexibility index (Phi) is 14.0. The zero-order valence-electron chi connectivity index (χ0n) is 27.4. The van der Waals surface area contributed by atoms with Crippen LogP contribution in [0.5, 0.6) is 5.75 Å². The quantitative estimate of drug-likeness (QED) is 0.210. The van der Waals surface area contributed by atoms with Crippen LogP contribution in [0.4, 0.5) is 0 Å². The van der Waals surface area contributed by atoms with E-state index in [4.69, 9.17) is 10.5 Å². The lowest BCUT2D eigenvalue weighted by Gasteiger charge is -2.28. The Balaban J connectivity index is 1.95. The second-order valence-corrected chi connectivity index (χ2v) is 12.5. The van der Waals surface area contributed by atoms with Gasteiger partial charge in [-0.15, -0.1) is 0 Å². The molecule has 0 fully saturated rings. The third kappa shape index (κ3) is 11.9. The summed E-state index contributed by atoms with van der Waals surface area (Å²) in [7, 11) is 0. The number of carbonyl (C=O) groups excluding carboxylic acids is 4. The topological polar surface area (TPSA) is 189 Å². The predicted octanol–water partition coefficient (Wildman–Crippen LogP) is 1.86. The van der Waals surface area contributed by atoms with Crippen molar-refractivity contribution in [1.29, 1.82) is 0 Å². The van der Waals surface area contributed by atoms with Gasteiger partial charge in [-0.25, -0.2) is 4.79 Å². The average molecular weight is 650 g/mol. The van der Waals surface area contributed by atoms with Gasteiger partial charge in [-0.3, -0.25) is 19.2 Å². The molecule has 2 aromatic carbocycles. The van der Waals surface area contributed by atoms with Gasteiger partial charge in [0.05, 0.1) is 6.04 Å². The first-order chi connectivity index (χ1) is 22.3. The van der Waals surface area contributed by atoms with Crippen LogP contribution in [0.3, 0.4) is 0 Å². The molecule has 4 amide bonds. The van der Waals surface area contributed by atoms with Crippen molar-refractivity contribution >= 4 is 29.6 Å². The average Bonchev–Trinajstić information content (AvgIpc) is 3.02. The summed E-state index contributed by atoms with van der Waals surface area (Å²) in [4.78, 5) is 66.0. The summed E-state index contributed by atoms with van der Waals surface area (Å²) in [6, 6.07) is 10.6. The van der Waals surface area contributed by atoms with Gasteiger partial charge >= 0.3 is 5.97 Å². The van der Waals surface area contributed by atoms with E-state index in [1.807, 2.05) is 19.9 Å². The monoisotopic (exact) mass is 649 g/mol. The first-order valence-corrected chi connectivity index (χ1v) is 15.9. The number of fused-ring (bicyclic) bond motifs is 13. The van der Waals surface area contributed by atoms with Gasteiger partial charge in [0.2, 0.25) is 23.6 Å². The Hall–Kier alpha value is -4.71. The van der Waals surface area contributed by atoms with E-state index in [2.05, 4.69) is 21.3 Å². The third-order valence-corrected chi connectivity index (χ3v) is 7.72. The molecule has 0 saturated carbocycles. The molecule has 0 saturated heterocycles. The molecule has 12 nitrogen and oxygen atoms in total. The Labute approximate surface area is 275 Å². The number of carboxylic acids is 1. The summed E-state index contributed by atoms with van der Waals surface area (Å²) in [6.45, 7) is 7.61. The molecule has 2 aliphatic rings. The molecule has 0 unspecified atom stereocenters. The summed E-state index contributed by atoms with van der Waals surface area (Å²) in [5, 5.41) is 20.6. The number of carboxylic acid groups (broad SMARTS) is 1. The summed E-state index contributed by atoms with van der Waals surface area (Å²) < 4.78 is 5.71. The molecule has 7 N–H and O–H groups in total. The van der Waals surface area contributed by atoms with Crippen molar-refractivity contribution in [2.24, 2.45) is 17.6 Å². The van der Waals surface area contributed by atoms with E-state index in [-0.39, 0.29) is 37.7 Å². The smallest absolute Gasteiger partial charge is 0.326 e. The summed E-state index contributed by atoms with van der Waals surface area (Å²) in [5.41, 5.74) is 7.51. The molecule has 2 aromatic rings. The molecule has 0 aliphatic carbocycles. The zero-order valence-corrected chi connectivity index (χ0v) is 27.4. The fourth-order valence-electron chi connectivity index (χ4n) is 5.11. The van der Waals surface area contributed by atoms with Crippen molar-refractivity contribution in [2.75, 3.05) is 6.61 Å². The van der Waals surface area contributed by atoms with Gasteiger partial charge < -0.3 is 36.8 Å². The SMILES string of the molecule is CC(C)C[C@H](N)C(=O)N[C@H](C(=O)N[C@H]1Cc2ccc(cc2)OC/C=C\C[C@@H](C(=O)O)NC(=O)[C@H](Cc2ccccc2)NC1=O)C(C)C. The first-order valence-electron chi connectivity index (χ1n) is 15.9. The van der Waals surface area contributed by atoms with Crippen LogP contribution in [-0.4, -0.2) is 71.5 Å². The summed E-state index contributed by atoms with van der Waals surface area (Å²) >= 11 is 0. The maximum Gasteiger partial charge on any atom is 0.326 e. The molecule has 2 aliphatic heterocycles. The molecular weight excluding hydrogens is 602 g/mol. The third-order valence-electron chi connectivity index (χ3n) is 7.72. The highest BCUT2D eigenvalue weighted by Gasteiger charge is 2.33. The molecule has 254 valence electrons. The fourth-order valence-corrected chi connectivity index (χ4v) is 5.11. The molecule has 12 heteroatoms. The Morgan fingerprint density at radius 2 is 1.62 bits per heavy atom. The van der Waals surface area contributed by atoms with Crippen molar-refractivity contribution in [3.05, 3.63) is 77.9 Å². The number of hydrogen-bond acceptors (Lipinski definition) is 7. The zero-order chi connectivity index (χ0) is 34.5. The molecule has 2 heterocycles. The largest absolute Gasteiger partial charge is 0.490 e. The molecule has 47 heavy (non-hydrogen) atoms. The van der Waals surface area contributed by atoms with Gasteiger partial charge in [0.25, 0.3) is 0 Å². The minimum Gasteiger partial charge on any atom is -0.490 e.